The van der Waals surface area contributed by atoms with Gasteiger partial charge in [0.15, 0.2) is 9.84 Å². The number of benzene rings is 3. The molecule has 146 valence electrons. The van der Waals surface area contributed by atoms with Gasteiger partial charge in [0.05, 0.1) is 26.8 Å². The zero-order chi connectivity index (χ0) is 20.6. The van der Waals surface area contributed by atoms with E-state index in [4.69, 9.17) is 21.3 Å². The molecule has 0 amide bonds. The number of halogens is 1. The van der Waals surface area contributed by atoms with E-state index in [9.17, 15) is 8.42 Å². The van der Waals surface area contributed by atoms with E-state index in [0.717, 1.165) is 16.8 Å². The van der Waals surface area contributed by atoms with E-state index in [1.54, 1.807) is 24.3 Å². The first kappa shape index (κ1) is 19.4. The van der Waals surface area contributed by atoms with Crippen LogP contribution in [0.3, 0.4) is 0 Å². The van der Waals surface area contributed by atoms with Crippen LogP contribution in [0, 0.1) is 6.92 Å². The number of fused-ring (bicyclic) bond motifs is 1. The zero-order valence-corrected chi connectivity index (χ0v) is 17.3. The highest BCUT2D eigenvalue weighted by atomic mass is 35.5. The van der Waals surface area contributed by atoms with Crippen LogP contribution in [0.5, 0.6) is 11.5 Å². The maximum atomic E-state index is 11.8. The van der Waals surface area contributed by atoms with E-state index in [1.807, 2.05) is 37.3 Å². The number of ether oxygens (including phenoxy) is 1. The molecule has 0 N–H and O–H groups in total. The van der Waals surface area contributed by atoms with E-state index in [1.165, 1.54) is 18.4 Å². The molecular formula is C22H17ClN2O3S. The van der Waals surface area contributed by atoms with Gasteiger partial charge in [0.25, 0.3) is 0 Å². The van der Waals surface area contributed by atoms with Crippen molar-refractivity contribution in [2.24, 2.45) is 0 Å². The fraction of sp³-hybridized carbons (Fsp3) is 0.0909. The Kier molecular flexibility index (Phi) is 4.98. The van der Waals surface area contributed by atoms with Crippen molar-refractivity contribution in [1.82, 2.24) is 9.97 Å². The lowest BCUT2D eigenvalue weighted by atomic mass is 10.1. The molecule has 0 bridgehead atoms. The van der Waals surface area contributed by atoms with Crippen molar-refractivity contribution in [1.29, 1.82) is 0 Å². The van der Waals surface area contributed by atoms with Gasteiger partial charge in [0.1, 0.15) is 17.0 Å². The summed E-state index contributed by atoms with van der Waals surface area (Å²) in [7, 11) is -3.31. The SMILES string of the molecule is Cc1nc2cccc(Cl)c2nc1-c1cccc(Oc2cccc(S(C)(=O)=O)c2)c1. The molecule has 0 saturated heterocycles. The number of rotatable bonds is 4. The smallest absolute Gasteiger partial charge is 0.175 e. The lowest BCUT2D eigenvalue weighted by molar-refractivity contribution is 0.481. The molecule has 0 atom stereocenters. The third-order valence-corrected chi connectivity index (χ3v) is 5.81. The first-order valence-corrected chi connectivity index (χ1v) is 11.1. The normalized spacial score (nSPS) is 11.6. The Labute approximate surface area is 173 Å². The van der Waals surface area contributed by atoms with Crippen molar-refractivity contribution >= 4 is 32.5 Å². The van der Waals surface area contributed by atoms with Gasteiger partial charge in [-0.15, -0.1) is 0 Å². The first-order chi connectivity index (χ1) is 13.8. The molecule has 0 aliphatic rings. The molecule has 5 nitrogen and oxygen atoms in total. The molecule has 0 unspecified atom stereocenters. The quantitative estimate of drug-likeness (QED) is 0.435. The van der Waals surface area contributed by atoms with Crippen molar-refractivity contribution in [3.63, 3.8) is 0 Å². The minimum absolute atomic E-state index is 0.206. The summed E-state index contributed by atoms with van der Waals surface area (Å²) in [6.45, 7) is 1.89. The van der Waals surface area contributed by atoms with Crippen LogP contribution in [0.4, 0.5) is 0 Å². The molecule has 7 heteroatoms. The summed E-state index contributed by atoms with van der Waals surface area (Å²) < 4.78 is 29.4. The summed E-state index contributed by atoms with van der Waals surface area (Å²) in [5.74, 6) is 1.00. The van der Waals surface area contributed by atoms with Crippen LogP contribution in [0.1, 0.15) is 5.69 Å². The molecular weight excluding hydrogens is 408 g/mol. The van der Waals surface area contributed by atoms with E-state index < -0.39 is 9.84 Å². The van der Waals surface area contributed by atoms with Gasteiger partial charge in [-0.1, -0.05) is 35.9 Å². The lowest BCUT2D eigenvalue weighted by Gasteiger charge is -2.11. The predicted octanol–water partition coefficient (Wildman–Crippen LogP) is 5.45. The van der Waals surface area contributed by atoms with Crippen LogP contribution in [-0.4, -0.2) is 24.6 Å². The van der Waals surface area contributed by atoms with Crippen molar-refractivity contribution in [3.05, 3.63) is 77.4 Å². The molecule has 4 rings (SSSR count). The second kappa shape index (κ2) is 7.46. The topological polar surface area (TPSA) is 69.2 Å². The van der Waals surface area contributed by atoms with Crippen molar-refractivity contribution in [2.75, 3.05) is 6.26 Å². The Hall–Kier alpha value is -2.96. The number of nitrogens with zero attached hydrogens (tertiary/aromatic N) is 2. The molecule has 0 fully saturated rings. The number of hydrogen-bond donors (Lipinski definition) is 0. The van der Waals surface area contributed by atoms with Gasteiger partial charge in [0, 0.05) is 11.8 Å². The highest BCUT2D eigenvalue weighted by molar-refractivity contribution is 7.90. The van der Waals surface area contributed by atoms with Crippen LogP contribution in [0.15, 0.2) is 71.6 Å². The minimum Gasteiger partial charge on any atom is -0.457 e. The van der Waals surface area contributed by atoms with Gasteiger partial charge in [-0.25, -0.2) is 18.4 Å². The van der Waals surface area contributed by atoms with Gasteiger partial charge >= 0.3 is 0 Å². The number of aromatic nitrogens is 2. The van der Waals surface area contributed by atoms with E-state index in [0.29, 0.717) is 27.7 Å². The fourth-order valence-corrected chi connectivity index (χ4v) is 3.88. The third-order valence-electron chi connectivity index (χ3n) is 4.40. The Balaban J connectivity index is 1.72. The lowest BCUT2D eigenvalue weighted by Crippen LogP contribution is -1.97. The molecule has 0 radical (unpaired) electrons. The van der Waals surface area contributed by atoms with E-state index in [-0.39, 0.29) is 4.90 Å². The monoisotopic (exact) mass is 424 g/mol. The van der Waals surface area contributed by atoms with Crippen LogP contribution >= 0.6 is 11.6 Å². The van der Waals surface area contributed by atoms with Crippen molar-refractivity contribution in [3.8, 4) is 22.8 Å². The fourth-order valence-electron chi connectivity index (χ4n) is 3.02. The van der Waals surface area contributed by atoms with Crippen LogP contribution in [0.25, 0.3) is 22.3 Å². The number of sulfone groups is 1. The molecule has 4 aromatic rings. The second-order valence-corrected chi connectivity index (χ2v) is 9.07. The minimum atomic E-state index is -3.31. The van der Waals surface area contributed by atoms with Crippen LogP contribution in [-0.2, 0) is 9.84 Å². The van der Waals surface area contributed by atoms with Gasteiger partial charge < -0.3 is 4.74 Å². The van der Waals surface area contributed by atoms with Gasteiger partial charge in [-0.3, -0.25) is 0 Å². The zero-order valence-electron chi connectivity index (χ0n) is 15.8. The van der Waals surface area contributed by atoms with Gasteiger partial charge in [-0.2, -0.15) is 0 Å². The highest BCUT2D eigenvalue weighted by Gasteiger charge is 2.12. The summed E-state index contributed by atoms with van der Waals surface area (Å²) in [6.07, 6.45) is 1.17. The maximum Gasteiger partial charge on any atom is 0.175 e. The molecule has 0 saturated carbocycles. The van der Waals surface area contributed by atoms with Crippen molar-refractivity contribution < 1.29 is 13.2 Å². The van der Waals surface area contributed by atoms with Crippen LogP contribution in [0.2, 0.25) is 5.02 Å². The number of aryl methyl sites for hydroxylation is 1. The standard InChI is InChI=1S/C22H17ClN2O3S/c1-14-21(25-22-19(23)10-5-11-20(22)24-14)15-6-3-7-16(12-15)28-17-8-4-9-18(13-17)29(2,26)27/h3-13H,1-2H3. The Morgan fingerprint density at radius 2 is 1.59 bits per heavy atom. The van der Waals surface area contributed by atoms with E-state index >= 15 is 0 Å². The maximum absolute atomic E-state index is 11.8. The summed E-state index contributed by atoms with van der Waals surface area (Å²) in [5, 5.41) is 0.543. The third kappa shape index (κ3) is 4.09. The number of hydrogen-bond acceptors (Lipinski definition) is 5. The molecule has 0 aliphatic carbocycles. The van der Waals surface area contributed by atoms with Gasteiger partial charge in [-0.05, 0) is 49.4 Å². The molecule has 1 aromatic heterocycles. The van der Waals surface area contributed by atoms with E-state index in [2.05, 4.69) is 4.98 Å². The van der Waals surface area contributed by atoms with Crippen LogP contribution < -0.4 is 4.74 Å². The summed E-state index contributed by atoms with van der Waals surface area (Å²) in [4.78, 5) is 9.53. The molecule has 3 aromatic carbocycles. The predicted molar refractivity (Wildman–Crippen MR) is 114 cm³/mol. The summed E-state index contributed by atoms with van der Waals surface area (Å²) >= 11 is 6.28. The molecule has 29 heavy (non-hydrogen) atoms. The second-order valence-electron chi connectivity index (χ2n) is 6.64. The summed E-state index contributed by atoms with van der Waals surface area (Å²) in [6, 6.07) is 19.3. The largest absolute Gasteiger partial charge is 0.457 e. The molecule has 0 aliphatic heterocycles. The molecule has 1 heterocycles. The average molecular weight is 425 g/mol. The summed E-state index contributed by atoms with van der Waals surface area (Å²) in [5.41, 5.74) is 3.69. The highest BCUT2D eigenvalue weighted by Crippen LogP contribution is 2.30. The average Bonchev–Trinajstić information content (AvgIpc) is 2.67. The Morgan fingerprint density at radius 1 is 0.897 bits per heavy atom. The molecule has 0 spiro atoms. The van der Waals surface area contributed by atoms with Gasteiger partial charge in [0.2, 0.25) is 0 Å². The number of para-hydroxylation sites is 1. The Morgan fingerprint density at radius 3 is 2.34 bits per heavy atom. The van der Waals surface area contributed by atoms with Crippen molar-refractivity contribution in [2.45, 2.75) is 11.8 Å². The first-order valence-electron chi connectivity index (χ1n) is 8.82. The Bertz CT molecular complexity index is 1340.